The van der Waals surface area contributed by atoms with E-state index >= 15 is 0 Å². The van der Waals surface area contributed by atoms with Crippen LogP contribution in [-0.2, 0) is 27.2 Å². The highest BCUT2D eigenvalue weighted by Gasteiger charge is 2.24. The maximum absolute atomic E-state index is 12.3. The number of nitrogens with zero attached hydrogens (tertiary/aromatic N) is 1. The van der Waals surface area contributed by atoms with Gasteiger partial charge in [-0.2, -0.15) is 0 Å². The number of ether oxygens (including phenoxy) is 3. The van der Waals surface area contributed by atoms with Gasteiger partial charge in [-0.25, -0.2) is 4.79 Å². The molecule has 1 rings (SSSR count). The molecule has 1 N–H and O–H groups in total. The zero-order valence-electron chi connectivity index (χ0n) is 15.2. The summed E-state index contributed by atoms with van der Waals surface area (Å²) in [6.07, 6.45) is 3.92. The average Bonchev–Trinajstić information content (AvgIpc) is 2.61. The Bertz CT molecular complexity index is 612. The van der Waals surface area contributed by atoms with Gasteiger partial charge >= 0.3 is 6.09 Å². The van der Waals surface area contributed by atoms with Crippen LogP contribution in [0, 0.1) is 6.92 Å². The molecule has 6 nitrogen and oxygen atoms in total. The summed E-state index contributed by atoms with van der Waals surface area (Å²) in [6, 6.07) is 1.65. The highest BCUT2D eigenvalue weighted by molar-refractivity contribution is 5.91. The molecule has 1 aromatic carbocycles. The summed E-state index contributed by atoms with van der Waals surface area (Å²) in [5, 5.41) is 10.5. The molecule has 1 aromatic rings. The standard InChI is InChI=1S/C19H27NO5/c1-6-8-10-20(19(22)24-5)18-14(3)15(12-25-13-23-4)11-17(21)16(18)9-7-2/h6-7,11,21H,1-2,8-10,12-13H2,3-5H3. The summed E-state index contributed by atoms with van der Waals surface area (Å²) in [7, 11) is 2.87. The van der Waals surface area contributed by atoms with E-state index in [1.54, 1.807) is 18.2 Å². The van der Waals surface area contributed by atoms with E-state index in [1.165, 1.54) is 19.1 Å². The number of amides is 1. The van der Waals surface area contributed by atoms with Crippen LogP contribution in [0.5, 0.6) is 5.75 Å². The zero-order chi connectivity index (χ0) is 18.8. The fraction of sp³-hybridized carbons (Fsp3) is 0.421. The zero-order valence-corrected chi connectivity index (χ0v) is 15.2. The van der Waals surface area contributed by atoms with Gasteiger partial charge in [-0.05, 0) is 37.0 Å². The molecule has 0 spiro atoms. The summed E-state index contributed by atoms with van der Waals surface area (Å²) in [6.45, 7) is 10.1. The SMILES string of the molecule is C=CCCN(C(=O)OC)c1c(C)c(COCOC)cc(O)c1CC=C. The minimum Gasteiger partial charge on any atom is -0.508 e. The number of anilines is 1. The molecule has 0 fully saturated rings. The summed E-state index contributed by atoms with van der Waals surface area (Å²) in [5.41, 5.74) is 2.84. The molecule has 0 aromatic heterocycles. The van der Waals surface area contributed by atoms with Gasteiger partial charge in [0.25, 0.3) is 0 Å². The van der Waals surface area contributed by atoms with Gasteiger partial charge in [-0.15, -0.1) is 13.2 Å². The van der Waals surface area contributed by atoms with Gasteiger partial charge in [-0.3, -0.25) is 4.90 Å². The Hall–Kier alpha value is -2.31. The average molecular weight is 349 g/mol. The second-order valence-electron chi connectivity index (χ2n) is 5.45. The summed E-state index contributed by atoms with van der Waals surface area (Å²) in [4.78, 5) is 13.8. The number of hydrogen-bond acceptors (Lipinski definition) is 5. The van der Waals surface area contributed by atoms with Crippen molar-refractivity contribution in [3.63, 3.8) is 0 Å². The van der Waals surface area contributed by atoms with Crippen molar-refractivity contribution in [2.45, 2.75) is 26.4 Å². The van der Waals surface area contributed by atoms with E-state index in [-0.39, 0.29) is 19.1 Å². The largest absolute Gasteiger partial charge is 0.508 e. The molecule has 0 saturated carbocycles. The minimum atomic E-state index is -0.496. The molecule has 0 heterocycles. The lowest BCUT2D eigenvalue weighted by molar-refractivity contribution is -0.0392. The first-order valence-corrected chi connectivity index (χ1v) is 8.00. The van der Waals surface area contributed by atoms with Crippen molar-refractivity contribution in [1.29, 1.82) is 0 Å². The third kappa shape index (κ3) is 5.34. The number of phenols is 1. The molecule has 138 valence electrons. The van der Waals surface area contributed by atoms with Gasteiger partial charge in [0.15, 0.2) is 0 Å². The lowest BCUT2D eigenvalue weighted by atomic mass is 9.97. The first-order chi connectivity index (χ1) is 12.0. The number of benzene rings is 1. The van der Waals surface area contributed by atoms with Gasteiger partial charge in [0.05, 0.1) is 19.4 Å². The first-order valence-electron chi connectivity index (χ1n) is 8.00. The quantitative estimate of drug-likeness (QED) is 0.396. The Labute approximate surface area is 149 Å². The van der Waals surface area contributed by atoms with E-state index in [1.807, 2.05) is 6.92 Å². The number of methoxy groups -OCH3 is 2. The number of aromatic hydroxyl groups is 1. The molecule has 0 unspecified atom stereocenters. The molecular formula is C19H27NO5. The number of carbonyl (C=O) groups is 1. The fourth-order valence-corrected chi connectivity index (χ4v) is 2.58. The van der Waals surface area contributed by atoms with Crippen molar-refractivity contribution in [3.05, 3.63) is 48.1 Å². The highest BCUT2D eigenvalue weighted by Crippen LogP contribution is 2.36. The van der Waals surface area contributed by atoms with E-state index in [4.69, 9.17) is 14.2 Å². The van der Waals surface area contributed by atoms with Crippen LogP contribution >= 0.6 is 0 Å². The Kier molecular flexibility index (Phi) is 8.74. The summed E-state index contributed by atoms with van der Waals surface area (Å²) in [5.74, 6) is 0.0871. The lowest BCUT2D eigenvalue weighted by Gasteiger charge is -2.27. The lowest BCUT2D eigenvalue weighted by Crippen LogP contribution is -2.33. The Morgan fingerprint density at radius 2 is 2.04 bits per heavy atom. The molecule has 1 amide bonds. The first kappa shape index (κ1) is 20.7. The van der Waals surface area contributed by atoms with E-state index in [0.717, 1.165) is 11.1 Å². The molecule has 0 aliphatic heterocycles. The van der Waals surface area contributed by atoms with Crippen LogP contribution in [0.4, 0.5) is 10.5 Å². The molecule has 0 bridgehead atoms. The number of phenolic OH excluding ortho intramolecular Hbond substituents is 1. The van der Waals surface area contributed by atoms with Gasteiger partial charge in [0.1, 0.15) is 12.5 Å². The maximum atomic E-state index is 12.3. The van der Waals surface area contributed by atoms with Crippen LogP contribution in [0.2, 0.25) is 0 Å². The van der Waals surface area contributed by atoms with Crippen molar-refractivity contribution in [1.82, 2.24) is 0 Å². The number of rotatable bonds is 10. The monoisotopic (exact) mass is 349 g/mol. The molecule has 6 heteroatoms. The number of hydrogen-bond donors (Lipinski definition) is 1. The molecule has 0 atom stereocenters. The van der Waals surface area contributed by atoms with E-state index < -0.39 is 6.09 Å². The highest BCUT2D eigenvalue weighted by atomic mass is 16.7. The third-order valence-electron chi connectivity index (χ3n) is 3.77. The molecule has 0 aliphatic rings. The predicted molar refractivity (Wildman–Crippen MR) is 98.0 cm³/mol. The Morgan fingerprint density at radius 1 is 1.32 bits per heavy atom. The van der Waals surface area contributed by atoms with Crippen molar-refractivity contribution >= 4 is 11.8 Å². The van der Waals surface area contributed by atoms with E-state index in [2.05, 4.69) is 13.2 Å². The van der Waals surface area contributed by atoms with Crippen LogP contribution < -0.4 is 4.90 Å². The van der Waals surface area contributed by atoms with Crippen LogP contribution in [0.1, 0.15) is 23.1 Å². The number of allylic oxidation sites excluding steroid dienone is 1. The van der Waals surface area contributed by atoms with Gasteiger partial charge in [-0.1, -0.05) is 12.2 Å². The molecular weight excluding hydrogens is 322 g/mol. The fourth-order valence-electron chi connectivity index (χ4n) is 2.58. The van der Waals surface area contributed by atoms with Gasteiger partial charge < -0.3 is 19.3 Å². The molecule has 0 saturated heterocycles. The van der Waals surface area contributed by atoms with Crippen LogP contribution in [0.3, 0.4) is 0 Å². The van der Waals surface area contributed by atoms with Gasteiger partial charge in [0, 0.05) is 19.2 Å². The second kappa shape index (κ2) is 10.5. The van der Waals surface area contributed by atoms with Crippen molar-refractivity contribution in [3.8, 4) is 5.75 Å². The van der Waals surface area contributed by atoms with E-state index in [0.29, 0.717) is 30.6 Å². The molecule has 0 aliphatic carbocycles. The van der Waals surface area contributed by atoms with Crippen LogP contribution in [0.15, 0.2) is 31.4 Å². The topological polar surface area (TPSA) is 68.2 Å². The number of carbonyl (C=O) groups excluding carboxylic acids is 1. The van der Waals surface area contributed by atoms with Gasteiger partial charge in [0.2, 0.25) is 0 Å². The third-order valence-corrected chi connectivity index (χ3v) is 3.77. The van der Waals surface area contributed by atoms with Crippen molar-refractivity contribution < 1.29 is 24.1 Å². The normalized spacial score (nSPS) is 10.4. The van der Waals surface area contributed by atoms with Crippen LogP contribution in [-0.4, -0.2) is 38.8 Å². The molecule has 25 heavy (non-hydrogen) atoms. The summed E-state index contributed by atoms with van der Waals surface area (Å²) >= 11 is 0. The van der Waals surface area contributed by atoms with E-state index in [9.17, 15) is 9.90 Å². The van der Waals surface area contributed by atoms with Crippen LogP contribution in [0.25, 0.3) is 0 Å². The smallest absolute Gasteiger partial charge is 0.414 e. The van der Waals surface area contributed by atoms with Crippen molar-refractivity contribution in [2.75, 3.05) is 32.5 Å². The summed E-state index contributed by atoms with van der Waals surface area (Å²) < 4.78 is 15.2. The molecule has 0 radical (unpaired) electrons. The predicted octanol–water partition coefficient (Wildman–Crippen LogP) is 3.70. The second-order valence-corrected chi connectivity index (χ2v) is 5.45. The minimum absolute atomic E-state index is 0.0871. The Morgan fingerprint density at radius 3 is 2.60 bits per heavy atom. The van der Waals surface area contributed by atoms with Crippen molar-refractivity contribution in [2.24, 2.45) is 0 Å². The Balaban J connectivity index is 3.45. The maximum Gasteiger partial charge on any atom is 0.414 e.